The predicted molar refractivity (Wildman–Crippen MR) is 121 cm³/mol. The van der Waals surface area contributed by atoms with Crippen LogP contribution in [0.25, 0.3) is 0 Å². The van der Waals surface area contributed by atoms with Crippen LogP contribution in [0.3, 0.4) is 0 Å². The van der Waals surface area contributed by atoms with E-state index in [1.54, 1.807) is 7.05 Å². The molecule has 1 aliphatic rings. The molecule has 2 aromatic rings. The minimum atomic E-state index is 0. The van der Waals surface area contributed by atoms with Crippen LogP contribution in [0.1, 0.15) is 16.7 Å². The number of nitrogens with one attached hydrogen (secondary N) is 2. The first kappa shape index (κ1) is 20.3. The zero-order valence-electron chi connectivity index (χ0n) is 15.4. The summed E-state index contributed by atoms with van der Waals surface area (Å²) in [7, 11) is 1.80. The maximum atomic E-state index is 4.31. The monoisotopic (exact) mass is 462 g/mol. The second-order valence-corrected chi connectivity index (χ2v) is 6.25. The van der Waals surface area contributed by atoms with E-state index in [4.69, 9.17) is 0 Å². The number of guanidine groups is 1. The van der Waals surface area contributed by atoms with Crippen molar-refractivity contribution in [3.05, 3.63) is 77.4 Å². The molecule has 0 amide bonds. The minimum Gasteiger partial charge on any atom is -0.364 e. The highest BCUT2D eigenvalue weighted by atomic mass is 127. The van der Waals surface area contributed by atoms with Gasteiger partial charge in [0.25, 0.3) is 0 Å². The first-order valence-electron chi connectivity index (χ1n) is 8.74. The van der Waals surface area contributed by atoms with Crippen molar-refractivity contribution < 1.29 is 0 Å². The molecular weight excluding hydrogens is 435 g/mol. The Labute approximate surface area is 173 Å². The second kappa shape index (κ2) is 10.2. The summed E-state index contributed by atoms with van der Waals surface area (Å²) in [6.45, 7) is 5.67. The van der Waals surface area contributed by atoms with Crippen molar-refractivity contribution in [2.45, 2.75) is 20.0 Å². The number of aryl methyl sites for hydroxylation is 1. The Bertz CT molecular complexity index is 745. The fourth-order valence-corrected chi connectivity index (χ4v) is 2.91. The number of hydrogen-bond acceptors (Lipinski definition) is 2. The van der Waals surface area contributed by atoms with Crippen molar-refractivity contribution in [2.24, 2.45) is 4.99 Å². The molecule has 4 nitrogen and oxygen atoms in total. The Balaban J connectivity index is 0.00000243. The molecule has 0 fully saturated rings. The van der Waals surface area contributed by atoms with E-state index in [-0.39, 0.29) is 24.0 Å². The number of halogens is 1. The van der Waals surface area contributed by atoms with Crippen LogP contribution in [0.4, 0.5) is 5.69 Å². The summed E-state index contributed by atoms with van der Waals surface area (Å²) in [4.78, 5) is 6.65. The first-order chi connectivity index (χ1) is 12.3. The Morgan fingerprint density at radius 3 is 2.27 bits per heavy atom. The molecular formula is C21H27IN4. The standard InChI is InChI=1S/C21H26N4.HI/c1-17-7-3-4-8-19(17)16-24-21(22-2)23-15-18-9-11-20(12-10-18)25-13-5-6-14-25;/h3-12H,13-16H2,1-2H3,(H2,22,23,24);1H. The number of anilines is 1. The zero-order chi connectivity index (χ0) is 17.5. The molecule has 0 spiro atoms. The lowest BCUT2D eigenvalue weighted by Gasteiger charge is -2.18. The smallest absolute Gasteiger partial charge is 0.191 e. The van der Waals surface area contributed by atoms with E-state index in [2.05, 4.69) is 88.1 Å². The van der Waals surface area contributed by atoms with Crippen molar-refractivity contribution in [1.82, 2.24) is 10.6 Å². The molecule has 1 aliphatic heterocycles. The molecule has 26 heavy (non-hydrogen) atoms. The van der Waals surface area contributed by atoms with Gasteiger partial charge in [0.05, 0.1) is 0 Å². The maximum Gasteiger partial charge on any atom is 0.191 e. The molecule has 5 heteroatoms. The van der Waals surface area contributed by atoms with E-state index in [9.17, 15) is 0 Å². The molecule has 138 valence electrons. The molecule has 2 aromatic carbocycles. The number of benzene rings is 2. The van der Waals surface area contributed by atoms with Crippen LogP contribution in [0.5, 0.6) is 0 Å². The van der Waals surface area contributed by atoms with Crippen molar-refractivity contribution in [3.63, 3.8) is 0 Å². The van der Waals surface area contributed by atoms with E-state index in [1.165, 1.54) is 22.4 Å². The molecule has 3 rings (SSSR count). The highest BCUT2D eigenvalue weighted by Gasteiger charge is 2.07. The van der Waals surface area contributed by atoms with Crippen LogP contribution in [0.15, 0.2) is 65.7 Å². The number of nitrogens with zero attached hydrogens (tertiary/aromatic N) is 2. The van der Waals surface area contributed by atoms with Crippen molar-refractivity contribution >= 4 is 35.6 Å². The zero-order valence-corrected chi connectivity index (χ0v) is 17.7. The summed E-state index contributed by atoms with van der Waals surface area (Å²) in [5.41, 5.74) is 5.09. The second-order valence-electron chi connectivity index (χ2n) is 6.25. The van der Waals surface area contributed by atoms with Crippen LogP contribution in [-0.4, -0.2) is 26.1 Å². The van der Waals surface area contributed by atoms with Crippen LogP contribution in [0, 0.1) is 6.92 Å². The summed E-state index contributed by atoms with van der Waals surface area (Å²) in [6.07, 6.45) is 4.42. The van der Waals surface area contributed by atoms with Gasteiger partial charge in [-0.15, -0.1) is 24.0 Å². The topological polar surface area (TPSA) is 39.7 Å². The Kier molecular flexibility index (Phi) is 7.97. The molecule has 1 heterocycles. The Morgan fingerprint density at radius 1 is 0.962 bits per heavy atom. The van der Waals surface area contributed by atoms with Gasteiger partial charge in [-0.1, -0.05) is 48.6 Å². The average molecular weight is 462 g/mol. The Morgan fingerprint density at radius 2 is 1.62 bits per heavy atom. The molecule has 0 bridgehead atoms. The molecule has 0 atom stereocenters. The van der Waals surface area contributed by atoms with Gasteiger partial charge >= 0.3 is 0 Å². The number of aliphatic imine (C=N–C) groups is 1. The lowest BCUT2D eigenvalue weighted by molar-refractivity contribution is 0.806. The van der Waals surface area contributed by atoms with Crippen LogP contribution >= 0.6 is 24.0 Å². The van der Waals surface area contributed by atoms with Crippen LogP contribution in [-0.2, 0) is 13.1 Å². The molecule has 0 aromatic heterocycles. The van der Waals surface area contributed by atoms with Gasteiger partial charge in [0.2, 0.25) is 0 Å². The van der Waals surface area contributed by atoms with Crippen molar-refractivity contribution in [1.29, 1.82) is 0 Å². The van der Waals surface area contributed by atoms with E-state index < -0.39 is 0 Å². The van der Waals surface area contributed by atoms with Gasteiger partial charge in [-0.2, -0.15) is 0 Å². The molecule has 0 saturated carbocycles. The maximum absolute atomic E-state index is 4.31. The quantitative estimate of drug-likeness (QED) is 0.307. The normalized spacial score (nSPS) is 13.5. The van der Waals surface area contributed by atoms with E-state index in [0.717, 1.165) is 32.1 Å². The van der Waals surface area contributed by atoms with E-state index >= 15 is 0 Å². The van der Waals surface area contributed by atoms with Gasteiger partial charge < -0.3 is 15.5 Å². The third-order valence-corrected chi connectivity index (χ3v) is 4.51. The predicted octanol–water partition coefficient (Wildman–Crippen LogP) is 3.85. The van der Waals surface area contributed by atoms with Crippen LogP contribution < -0.4 is 15.5 Å². The minimum absolute atomic E-state index is 0. The third-order valence-electron chi connectivity index (χ3n) is 4.51. The number of rotatable bonds is 5. The van der Waals surface area contributed by atoms with Crippen LogP contribution in [0.2, 0.25) is 0 Å². The van der Waals surface area contributed by atoms with Crippen molar-refractivity contribution in [2.75, 3.05) is 25.0 Å². The molecule has 0 aliphatic carbocycles. The van der Waals surface area contributed by atoms with Crippen molar-refractivity contribution in [3.8, 4) is 0 Å². The summed E-state index contributed by atoms with van der Waals surface area (Å²) in [5.74, 6) is 0.816. The number of hydrogen-bond donors (Lipinski definition) is 2. The Hall–Kier alpha value is -2.02. The van der Waals surface area contributed by atoms with E-state index in [1.807, 2.05) is 0 Å². The van der Waals surface area contributed by atoms with Gasteiger partial charge in [-0.05, 0) is 35.7 Å². The summed E-state index contributed by atoms with van der Waals surface area (Å²) >= 11 is 0. The summed E-state index contributed by atoms with van der Waals surface area (Å²) in [6, 6.07) is 17.1. The van der Waals surface area contributed by atoms with E-state index in [0.29, 0.717) is 0 Å². The highest BCUT2D eigenvalue weighted by molar-refractivity contribution is 14.0. The van der Waals surface area contributed by atoms with Gasteiger partial charge in [0, 0.05) is 38.9 Å². The first-order valence-corrected chi connectivity index (χ1v) is 8.74. The lowest BCUT2D eigenvalue weighted by atomic mass is 10.1. The lowest BCUT2D eigenvalue weighted by Crippen LogP contribution is -2.36. The van der Waals surface area contributed by atoms with Gasteiger partial charge in [0.1, 0.15) is 0 Å². The van der Waals surface area contributed by atoms with Gasteiger partial charge in [-0.25, -0.2) is 0 Å². The third kappa shape index (κ3) is 5.49. The fourth-order valence-electron chi connectivity index (χ4n) is 2.91. The molecule has 0 unspecified atom stereocenters. The fraction of sp³-hybridized carbons (Fsp3) is 0.286. The highest BCUT2D eigenvalue weighted by Crippen LogP contribution is 2.17. The largest absolute Gasteiger partial charge is 0.364 e. The molecule has 0 radical (unpaired) electrons. The SMILES string of the molecule is CN=C(NCc1ccc(N2CC=CC2)cc1)NCc1ccccc1C.I. The van der Waals surface area contributed by atoms with Gasteiger partial charge in [0.15, 0.2) is 5.96 Å². The summed E-state index contributed by atoms with van der Waals surface area (Å²) in [5, 5.41) is 6.75. The molecule has 0 saturated heterocycles. The van der Waals surface area contributed by atoms with Gasteiger partial charge in [-0.3, -0.25) is 4.99 Å². The average Bonchev–Trinajstić information content (AvgIpc) is 3.18. The molecule has 2 N–H and O–H groups in total. The summed E-state index contributed by atoms with van der Waals surface area (Å²) < 4.78 is 0.